The Morgan fingerprint density at radius 1 is 1.00 bits per heavy atom. The number of anilines is 1. The van der Waals surface area contributed by atoms with E-state index in [0.717, 1.165) is 0 Å². The Labute approximate surface area is 237 Å². The molecular formula is C26H29FN4O11. The van der Waals surface area contributed by atoms with Gasteiger partial charge in [0.25, 0.3) is 29.2 Å². The van der Waals surface area contributed by atoms with Crippen LogP contribution in [0.3, 0.4) is 0 Å². The molecule has 1 atom stereocenters. The van der Waals surface area contributed by atoms with E-state index in [1.165, 1.54) is 30.4 Å². The van der Waals surface area contributed by atoms with Gasteiger partial charge in [-0.25, -0.2) is 4.39 Å². The van der Waals surface area contributed by atoms with Gasteiger partial charge in [0.15, 0.2) is 11.6 Å². The van der Waals surface area contributed by atoms with Crippen molar-refractivity contribution >= 4 is 23.4 Å². The lowest BCUT2D eigenvalue weighted by molar-refractivity contribution is -0.407. The average Bonchev–Trinajstić information content (AvgIpc) is 3.30. The standard InChI is InChI=1S/C26H29FN4O11/c1-12-15(10-30-5-7-42-8-6-30)20(33)14(18(27)19(12)32)9-28-17-4-2-3-13-16(17)11-31(21(13)34)24(37)22(35)29-23(36)25(38,39)26(24,40)41/h2-4,28,32-33,37-41H,5-11H2,1H3,(H,29,35,36). The van der Waals surface area contributed by atoms with Crippen LogP contribution in [0.15, 0.2) is 18.2 Å². The number of fused-ring (bicyclic) bond motifs is 1. The molecule has 226 valence electrons. The molecule has 15 nitrogen and oxygen atoms in total. The van der Waals surface area contributed by atoms with Crippen LogP contribution >= 0.6 is 0 Å². The number of carbonyl (C=O) groups is 3. The van der Waals surface area contributed by atoms with E-state index in [-0.39, 0.29) is 39.4 Å². The second kappa shape index (κ2) is 10.1. The second-order valence-electron chi connectivity index (χ2n) is 10.4. The summed E-state index contributed by atoms with van der Waals surface area (Å²) in [5.74, 6) is -15.3. The van der Waals surface area contributed by atoms with Crippen molar-refractivity contribution in [3.63, 3.8) is 0 Å². The van der Waals surface area contributed by atoms with Gasteiger partial charge < -0.3 is 45.8 Å². The first-order valence-electron chi connectivity index (χ1n) is 12.8. The minimum atomic E-state index is -4.25. The van der Waals surface area contributed by atoms with Crippen LogP contribution in [0.2, 0.25) is 0 Å². The monoisotopic (exact) mass is 592 g/mol. The van der Waals surface area contributed by atoms with Gasteiger partial charge in [0.05, 0.1) is 25.3 Å². The fourth-order valence-corrected chi connectivity index (χ4v) is 5.34. The summed E-state index contributed by atoms with van der Waals surface area (Å²) in [5, 5.41) is 77.5. The maximum absolute atomic E-state index is 15.2. The maximum atomic E-state index is 15.2. The highest BCUT2D eigenvalue weighted by atomic mass is 19.1. The summed E-state index contributed by atoms with van der Waals surface area (Å²) in [4.78, 5) is 39.8. The topological polar surface area (TPSA) is 233 Å². The zero-order valence-electron chi connectivity index (χ0n) is 22.2. The number of amides is 3. The van der Waals surface area contributed by atoms with Crippen LogP contribution in [-0.4, -0.2) is 107 Å². The molecule has 0 saturated carbocycles. The number of aromatic hydroxyl groups is 2. The molecule has 0 radical (unpaired) electrons. The number of aliphatic hydroxyl groups is 5. The molecule has 2 saturated heterocycles. The first-order chi connectivity index (χ1) is 19.6. The maximum Gasteiger partial charge on any atom is 0.306 e. The number of nitrogens with zero attached hydrogens (tertiary/aromatic N) is 2. The van der Waals surface area contributed by atoms with E-state index in [4.69, 9.17) is 4.74 Å². The Kier molecular flexibility index (Phi) is 7.13. The molecule has 2 fully saturated rings. The summed E-state index contributed by atoms with van der Waals surface area (Å²) in [5.41, 5.74) is -3.49. The van der Waals surface area contributed by atoms with Gasteiger partial charge in [0, 0.05) is 54.1 Å². The first kappa shape index (κ1) is 29.6. The van der Waals surface area contributed by atoms with Gasteiger partial charge in [-0.2, -0.15) is 0 Å². The molecule has 9 N–H and O–H groups in total. The van der Waals surface area contributed by atoms with Crippen LogP contribution in [0, 0.1) is 12.7 Å². The van der Waals surface area contributed by atoms with Gasteiger partial charge in [0.1, 0.15) is 5.75 Å². The van der Waals surface area contributed by atoms with Crippen molar-refractivity contribution in [2.75, 3.05) is 31.6 Å². The zero-order valence-corrected chi connectivity index (χ0v) is 22.2. The van der Waals surface area contributed by atoms with Crippen molar-refractivity contribution in [3.8, 4) is 11.5 Å². The van der Waals surface area contributed by atoms with Crippen LogP contribution in [0.5, 0.6) is 11.5 Å². The molecule has 3 heterocycles. The summed E-state index contributed by atoms with van der Waals surface area (Å²) in [6.45, 7) is 2.70. The summed E-state index contributed by atoms with van der Waals surface area (Å²) in [6, 6.07) is 4.10. The number of hydrogen-bond donors (Lipinski definition) is 9. The molecule has 3 aliphatic rings. The van der Waals surface area contributed by atoms with Gasteiger partial charge in [-0.3, -0.25) is 29.5 Å². The summed E-state index contributed by atoms with van der Waals surface area (Å²) in [7, 11) is 0. The predicted molar refractivity (Wildman–Crippen MR) is 137 cm³/mol. The highest BCUT2D eigenvalue weighted by Gasteiger charge is 2.76. The molecule has 0 aliphatic carbocycles. The minimum Gasteiger partial charge on any atom is -0.507 e. The molecule has 2 aromatic carbocycles. The van der Waals surface area contributed by atoms with Crippen molar-refractivity contribution < 1.29 is 59.3 Å². The molecule has 0 spiro atoms. The molecular weight excluding hydrogens is 563 g/mol. The van der Waals surface area contributed by atoms with E-state index < -0.39 is 65.4 Å². The summed E-state index contributed by atoms with van der Waals surface area (Å²) >= 11 is 0. The summed E-state index contributed by atoms with van der Waals surface area (Å²) in [6.07, 6.45) is 0. The molecule has 3 amide bonds. The molecule has 2 aromatic rings. The Balaban J connectivity index is 1.45. The SMILES string of the molecule is Cc1c(O)c(F)c(CNc2cccc3c2CN(C2(O)C(=O)NC(=O)C(O)(O)C2(O)O)C3=O)c(O)c1CN1CCOCC1. The van der Waals surface area contributed by atoms with Crippen molar-refractivity contribution in [1.82, 2.24) is 15.1 Å². The summed E-state index contributed by atoms with van der Waals surface area (Å²) < 4.78 is 20.5. The number of piperidine rings is 1. The minimum absolute atomic E-state index is 0.0719. The van der Waals surface area contributed by atoms with Crippen molar-refractivity contribution in [2.24, 2.45) is 0 Å². The Bertz CT molecular complexity index is 1490. The quantitative estimate of drug-likeness (QED) is 0.0973. The van der Waals surface area contributed by atoms with Crippen LogP contribution in [0.1, 0.15) is 32.6 Å². The number of benzene rings is 2. The van der Waals surface area contributed by atoms with Gasteiger partial charge in [-0.05, 0) is 19.1 Å². The van der Waals surface area contributed by atoms with E-state index in [0.29, 0.717) is 31.9 Å². The number of hydrogen-bond acceptors (Lipinski definition) is 13. The fourth-order valence-electron chi connectivity index (χ4n) is 5.34. The molecule has 42 heavy (non-hydrogen) atoms. The molecule has 0 bridgehead atoms. The zero-order chi connectivity index (χ0) is 30.8. The van der Waals surface area contributed by atoms with Crippen molar-refractivity contribution in [1.29, 1.82) is 0 Å². The largest absolute Gasteiger partial charge is 0.507 e. The van der Waals surface area contributed by atoms with Gasteiger partial charge >= 0.3 is 5.79 Å². The number of phenolic OH excluding ortho intramolecular Hbond substituents is 2. The fraction of sp³-hybridized carbons (Fsp3) is 0.423. The average molecular weight is 593 g/mol. The smallest absolute Gasteiger partial charge is 0.306 e. The first-order valence-corrected chi connectivity index (χ1v) is 12.8. The van der Waals surface area contributed by atoms with Gasteiger partial charge in [-0.1, -0.05) is 6.07 Å². The Morgan fingerprint density at radius 3 is 2.33 bits per heavy atom. The molecule has 3 aliphatic heterocycles. The van der Waals surface area contributed by atoms with Crippen LogP contribution < -0.4 is 10.6 Å². The van der Waals surface area contributed by atoms with E-state index in [2.05, 4.69) is 5.32 Å². The number of morpholine rings is 1. The Hall–Kier alpha value is -3.90. The molecule has 0 aromatic heterocycles. The van der Waals surface area contributed by atoms with Crippen LogP contribution in [-0.2, 0) is 34.0 Å². The number of carbonyl (C=O) groups excluding carboxylic acids is 3. The van der Waals surface area contributed by atoms with Crippen molar-refractivity contribution in [2.45, 2.75) is 43.9 Å². The van der Waals surface area contributed by atoms with E-state index >= 15 is 4.39 Å². The van der Waals surface area contributed by atoms with Crippen LogP contribution in [0.4, 0.5) is 10.1 Å². The molecule has 5 rings (SSSR count). The van der Waals surface area contributed by atoms with E-state index in [9.17, 15) is 50.1 Å². The highest BCUT2D eigenvalue weighted by molar-refractivity contribution is 6.10. The molecule has 1 unspecified atom stereocenters. The number of ether oxygens (including phenoxy) is 1. The lowest BCUT2D eigenvalue weighted by Crippen LogP contribution is -2.85. The van der Waals surface area contributed by atoms with E-state index in [1.807, 2.05) is 4.90 Å². The number of halogens is 1. The number of rotatable bonds is 6. The highest BCUT2D eigenvalue weighted by Crippen LogP contribution is 2.42. The number of imide groups is 1. The van der Waals surface area contributed by atoms with Crippen molar-refractivity contribution in [3.05, 3.63) is 51.8 Å². The van der Waals surface area contributed by atoms with E-state index in [1.54, 1.807) is 0 Å². The predicted octanol–water partition coefficient (Wildman–Crippen LogP) is -2.35. The second-order valence-corrected chi connectivity index (χ2v) is 10.4. The number of phenols is 2. The third kappa shape index (κ3) is 4.18. The third-order valence-electron chi connectivity index (χ3n) is 7.98. The number of nitrogens with one attached hydrogen (secondary N) is 2. The van der Waals surface area contributed by atoms with Crippen LogP contribution in [0.25, 0.3) is 0 Å². The lowest BCUT2D eigenvalue weighted by atomic mass is 9.86. The third-order valence-corrected chi connectivity index (χ3v) is 7.98. The Morgan fingerprint density at radius 2 is 1.67 bits per heavy atom. The van der Waals surface area contributed by atoms with Gasteiger partial charge in [0.2, 0.25) is 0 Å². The molecule has 16 heteroatoms. The lowest BCUT2D eigenvalue weighted by Gasteiger charge is -2.50. The van der Waals surface area contributed by atoms with Gasteiger partial charge in [-0.15, -0.1) is 0 Å². The normalized spacial score (nSPS) is 23.6.